The third-order valence-electron chi connectivity index (χ3n) is 5.54. The highest BCUT2D eigenvalue weighted by Gasteiger charge is 2.37. The Bertz CT molecular complexity index is 701. The summed E-state index contributed by atoms with van der Waals surface area (Å²) < 4.78 is 5.90. The topological polar surface area (TPSA) is 33.5 Å². The number of fused-ring (bicyclic) bond motifs is 2. The molecular weight excluding hydrogens is 274 g/mol. The molecule has 2 heterocycles. The van der Waals surface area contributed by atoms with E-state index in [-0.39, 0.29) is 5.91 Å². The summed E-state index contributed by atoms with van der Waals surface area (Å²) >= 11 is 0. The summed E-state index contributed by atoms with van der Waals surface area (Å²) in [4.78, 5) is 15.2. The lowest BCUT2D eigenvalue weighted by atomic mass is 9.78. The quantitative estimate of drug-likeness (QED) is 0.774. The molecule has 1 saturated carbocycles. The van der Waals surface area contributed by atoms with Crippen LogP contribution in [-0.2, 0) is 0 Å². The van der Waals surface area contributed by atoms with Crippen molar-refractivity contribution < 1.29 is 9.21 Å². The van der Waals surface area contributed by atoms with Crippen molar-refractivity contribution in [1.82, 2.24) is 4.90 Å². The number of hydrogen-bond acceptors (Lipinski definition) is 2. The molecule has 1 saturated heterocycles. The van der Waals surface area contributed by atoms with Crippen molar-refractivity contribution in [2.75, 3.05) is 6.54 Å². The standard InChI is InChI=1S/C19H23NO2/c1-13-15-9-3-5-11-17(15)22-18(13)19(21)20-12-6-8-14-7-2-4-10-16(14)20/h3,5,9,11,14,16H,2,4,6-8,10,12H2,1H3. The minimum atomic E-state index is 0.102. The first-order valence-corrected chi connectivity index (χ1v) is 8.55. The number of carbonyl (C=O) groups is 1. The molecule has 2 aromatic rings. The van der Waals surface area contributed by atoms with Crippen molar-refractivity contribution in [3.63, 3.8) is 0 Å². The maximum atomic E-state index is 13.1. The van der Waals surface area contributed by atoms with Crippen molar-refractivity contribution >= 4 is 16.9 Å². The third-order valence-corrected chi connectivity index (χ3v) is 5.54. The monoisotopic (exact) mass is 297 g/mol. The van der Waals surface area contributed by atoms with Crippen molar-refractivity contribution in [3.8, 4) is 0 Å². The van der Waals surface area contributed by atoms with Gasteiger partial charge in [-0.1, -0.05) is 31.0 Å². The van der Waals surface area contributed by atoms with Gasteiger partial charge in [0.25, 0.3) is 5.91 Å². The Morgan fingerprint density at radius 2 is 1.91 bits per heavy atom. The van der Waals surface area contributed by atoms with Gasteiger partial charge in [0.2, 0.25) is 0 Å². The molecule has 4 rings (SSSR count). The van der Waals surface area contributed by atoms with Crippen molar-refractivity contribution in [2.45, 2.75) is 51.5 Å². The van der Waals surface area contributed by atoms with E-state index in [1.165, 1.54) is 25.7 Å². The van der Waals surface area contributed by atoms with Gasteiger partial charge in [0, 0.05) is 23.5 Å². The number of carbonyl (C=O) groups excluding carboxylic acids is 1. The number of para-hydroxylation sites is 1. The number of likely N-dealkylation sites (tertiary alicyclic amines) is 1. The molecule has 1 aliphatic carbocycles. The molecule has 1 amide bonds. The normalized spacial score (nSPS) is 25.2. The van der Waals surface area contributed by atoms with Gasteiger partial charge in [-0.15, -0.1) is 0 Å². The molecule has 0 bridgehead atoms. The van der Waals surface area contributed by atoms with Crippen molar-refractivity contribution in [1.29, 1.82) is 0 Å². The third kappa shape index (κ3) is 2.15. The van der Waals surface area contributed by atoms with Crippen LogP contribution < -0.4 is 0 Å². The van der Waals surface area contributed by atoms with Crippen LogP contribution in [0.25, 0.3) is 11.0 Å². The number of rotatable bonds is 1. The van der Waals surface area contributed by atoms with Gasteiger partial charge < -0.3 is 9.32 Å². The second kappa shape index (κ2) is 5.45. The van der Waals surface area contributed by atoms with Crippen LogP contribution in [0.15, 0.2) is 28.7 Å². The molecule has 1 aliphatic heterocycles. The number of benzene rings is 1. The molecule has 2 atom stereocenters. The van der Waals surface area contributed by atoms with Crippen LogP contribution in [0.2, 0.25) is 0 Å². The van der Waals surface area contributed by atoms with E-state index in [0.717, 1.165) is 35.9 Å². The van der Waals surface area contributed by atoms with E-state index in [9.17, 15) is 4.79 Å². The molecule has 0 radical (unpaired) electrons. The summed E-state index contributed by atoms with van der Waals surface area (Å²) in [5.74, 6) is 1.36. The van der Waals surface area contributed by atoms with E-state index < -0.39 is 0 Å². The number of piperidine rings is 1. The lowest BCUT2D eigenvalue weighted by molar-refractivity contribution is 0.0363. The summed E-state index contributed by atoms with van der Waals surface area (Å²) in [6.45, 7) is 2.89. The summed E-state index contributed by atoms with van der Waals surface area (Å²) in [5.41, 5.74) is 1.80. The molecule has 1 aromatic heterocycles. The molecule has 3 heteroatoms. The van der Waals surface area contributed by atoms with Gasteiger partial charge in [-0.25, -0.2) is 0 Å². The molecule has 0 N–H and O–H groups in total. The summed E-state index contributed by atoms with van der Waals surface area (Å²) in [6, 6.07) is 8.36. The molecule has 116 valence electrons. The van der Waals surface area contributed by atoms with Crippen molar-refractivity contribution in [2.24, 2.45) is 5.92 Å². The molecule has 1 aromatic carbocycles. The Labute approximate surface area is 131 Å². The maximum Gasteiger partial charge on any atom is 0.290 e. The highest BCUT2D eigenvalue weighted by Crippen LogP contribution is 2.37. The van der Waals surface area contributed by atoms with Gasteiger partial charge in [-0.2, -0.15) is 0 Å². The minimum absolute atomic E-state index is 0.102. The lowest BCUT2D eigenvalue weighted by Crippen LogP contribution is -2.49. The predicted molar refractivity (Wildman–Crippen MR) is 87.0 cm³/mol. The van der Waals surface area contributed by atoms with Crippen LogP contribution in [0.3, 0.4) is 0 Å². The molecule has 2 fully saturated rings. The van der Waals surface area contributed by atoms with Gasteiger partial charge in [0.05, 0.1) is 0 Å². The zero-order chi connectivity index (χ0) is 15.1. The van der Waals surface area contributed by atoms with Crippen LogP contribution in [0, 0.1) is 12.8 Å². The number of hydrogen-bond donors (Lipinski definition) is 0. The van der Waals surface area contributed by atoms with Crippen LogP contribution in [0.4, 0.5) is 0 Å². The average molecular weight is 297 g/mol. The Morgan fingerprint density at radius 3 is 2.77 bits per heavy atom. The van der Waals surface area contributed by atoms with Crippen LogP contribution >= 0.6 is 0 Å². The molecule has 2 aliphatic rings. The first-order valence-electron chi connectivity index (χ1n) is 8.55. The average Bonchev–Trinajstić information content (AvgIpc) is 2.91. The van der Waals surface area contributed by atoms with Gasteiger partial charge >= 0.3 is 0 Å². The zero-order valence-corrected chi connectivity index (χ0v) is 13.2. The maximum absolute atomic E-state index is 13.1. The van der Waals surface area contributed by atoms with Crippen LogP contribution in [0.5, 0.6) is 0 Å². The minimum Gasteiger partial charge on any atom is -0.451 e. The first-order chi connectivity index (χ1) is 10.8. The molecule has 2 unspecified atom stereocenters. The second-order valence-electron chi connectivity index (χ2n) is 6.81. The predicted octanol–water partition coefficient (Wildman–Crippen LogP) is 4.54. The SMILES string of the molecule is Cc1c(C(=O)N2CCCC3CCCCC32)oc2ccccc12. The van der Waals surface area contributed by atoms with E-state index in [1.54, 1.807) is 0 Å². The Morgan fingerprint density at radius 1 is 1.14 bits per heavy atom. The van der Waals surface area contributed by atoms with E-state index >= 15 is 0 Å². The van der Waals surface area contributed by atoms with Crippen LogP contribution in [-0.4, -0.2) is 23.4 Å². The highest BCUT2D eigenvalue weighted by molar-refractivity contribution is 5.99. The van der Waals surface area contributed by atoms with Gasteiger partial charge in [0.15, 0.2) is 5.76 Å². The fourth-order valence-corrected chi connectivity index (χ4v) is 4.39. The Hall–Kier alpha value is -1.77. The number of aryl methyl sites for hydroxylation is 1. The van der Waals surface area contributed by atoms with Gasteiger partial charge in [0.1, 0.15) is 5.58 Å². The lowest BCUT2D eigenvalue weighted by Gasteiger charge is -2.43. The fourth-order valence-electron chi connectivity index (χ4n) is 4.39. The number of furan rings is 1. The number of amides is 1. The van der Waals surface area contributed by atoms with Crippen molar-refractivity contribution in [3.05, 3.63) is 35.6 Å². The molecular formula is C19H23NO2. The molecule has 22 heavy (non-hydrogen) atoms. The van der Waals surface area contributed by atoms with Gasteiger partial charge in [-0.05, 0) is 44.6 Å². The van der Waals surface area contributed by atoms with E-state index in [1.807, 2.05) is 31.2 Å². The van der Waals surface area contributed by atoms with E-state index in [0.29, 0.717) is 17.7 Å². The highest BCUT2D eigenvalue weighted by atomic mass is 16.3. The fraction of sp³-hybridized carbons (Fsp3) is 0.526. The van der Waals surface area contributed by atoms with E-state index in [4.69, 9.17) is 4.42 Å². The first kappa shape index (κ1) is 13.9. The Balaban J connectivity index is 1.68. The second-order valence-corrected chi connectivity index (χ2v) is 6.81. The number of nitrogens with zero attached hydrogens (tertiary/aromatic N) is 1. The summed E-state index contributed by atoms with van der Waals surface area (Å²) in [5, 5.41) is 1.06. The van der Waals surface area contributed by atoms with E-state index in [2.05, 4.69) is 4.90 Å². The largest absolute Gasteiger partial charge is 0.451 e. The molecule has 3 nitrogen and oxygen atoms in total. The smallest absolute Gasteiger partial charge is 0.290 e. The van der Waals surface area contributed by atoms with Crippen LogP contribution in [0.1, 0.15) is 54.6 Å². The molecule has 0 spiro atoms. The van der Waals surface area contributed by atoms with Gasteiger partial charge in [-0.3, -0.25) is 4.79 Å². The zero-order valence-electron chi connectivity index (χ0n) is 13.2. The Kier molecular flexibility index (Phi) is 3.44. The summed E-state index contributed by atoms with van der Waals surface area (Å²) in [6.07, 6.45) is 7.44. The summed E-state index contributed by atoms with van der Waals surface area (Å²) in [7, 11) is 0.